The third kappa shape index (κ3) is 9.54. The molecule has 0 saturated heterocycles. The van der Waals surface area contributed by atoms with Gasteiger partial charge >= 0.3 is 88.0 Å². The van der Waals surface area contributed by atoms with Crippen molar-refractivity contribution >= 4 is 10.1 Å². The normalized spacial score (nSPS) is 16.5. The van der Waals surface area contributed by atoms with Gasteiger partial charge in [-0.15, -0.1) is 0 Å². The fourth-order valence-corrected chi connectivity index (χ4v) is 4.03. The van der Waals surface area contributed by atoms with Crippen molar-refractivity contribution < 1.29 is 159 Å². The van der Waals surface area contributed by atoms with Gasteiger partial charge in [0.05, 0.1) is 31.8 Å². The van der Waals surface area contributed by atoms with Gasteiger partial charge in [-0.1, -0.05) is 0 Å². The van der Waals surface area contributed by atoms with Crippen LogP contribution >= 0.6 is 0 Å². The highest BCUT2D eigenvalue weighted by atomic mass is 32.2. The molecule has 37 heteroatoms. The Kier molecular flexibility index (Phi) is 13.9. The summed E-state index contributed by atoms with van der Waals surface area (Å²) < 4.78 is 431. The lowest BCUT2D eigenvalue weighted by atomic mass is 9.89. The van der Waals surface area contributed by atoms with Crippen LogP contribution in [0.25, 0.3) is 0 Å². The average Bonchev–Trinajstić information content (AvgIpc) is 2.79. The Morgan fingerprint density at radius 1 is 0.291 bits per heavy atom. The number of rotatable bonds is 12. The van der Waals surface area contributed by atoms with E-state index < -0.39 is 120 Å². The summed E-state index contributed by atoms with van der Waals surface area (Å²) in [7, 11) is -8.01. The third-order valence-electron chi connectivity index (χ3n) is 6.18. The number of ether oxygens (including phenoxy) is 3. The van der Waals surface area contributed by atoms with Crippen molar-refractivity contribution in [2.24, 2.45) is 5.41 Å². The van der Waals surface area contributed by atoms with Gasteiger partial charge in [0.1, 0.15) is 0 Å². The molecule has 0 aromatic rings. The zero-order valence-electron chi connectivity index (χ0n) is 24.0. The van der Waals surface area contributed by atoms with Crippen molar-refractivity contribution in [3.63, 3.8) is 0 Å². The Bertz CT molecular complexity index is 1150. The first kappa shape index (κ1) is 52.7. The maximum absolute atomic E-state index is 13.4. The highest BCUT2D eigenvalue weighted by Gasteiger charge is 2.88. The molecule has 55 heavy (non-hydrogen) atoms. The number of hydrogen-bond donors (Lipinski definition) is 0. The highest BCUT2D eigenvalue weighted by molar-refractivity contribution is 7.87. The fourth-order valence-electron chi connectivity index (χ4n) is 3.49. The van der Waals surface area contributed by atoms with Crippen LogP contribution in [0.4, 0.5) is 132 Å². The number of hydrogen-bond acceptors (Lipinski definition) is 6. The van der Waals surface area contributed by atoms with Crippen LogP contribution in [0.15, 0.2) is 0 Å². The van der Waals surface area contributed by atoms with E-state index in [-0.39, 0.29) is 0 Å². The largest absolute Gasteiger partial charge is 0.523 e. The van der Waals surface area contributed by atoms with E-state index in [1.54, 1.807) is 0 Å². The topological polar surface area (TPSA) is 71.1 Å². The van der Waals surface area contributed by atoms with E-state index in [0.717, 1.165) is 0 Å². The lowest BCUT2D eigenvalue weighted by molar-refractivity contribution is -0.474. The molecule has 0 aromatic carbocycles. The van der Waals surface area contributed by atoms with E-state index in [2.05, 4.69) is 18.4 Å². The minimum atomic E-state index is -8.32. The van der Waals surface area contributed by atoms with Crippen molar-refractivity contribution in [1.82, 2.24) is 0 Å². The third-order valence-corrected chi connectivity index (χ3v) is 7.18. The summed E-state index contributed by atoms with van der Waals surface area (Å²) in [5.74, 6) is 0. The zero-order valence-corrected chi connectivity index (χ0v) is 24.8. The maximum Gasteiger partial charge on any atom is 0.523 e. The first-order chi connectivity index (χ1) is 23.3. The fraction of sp³-hybridized carbons (Fsp3) is 1.00. The van der Waals surface area contributed by atoms with Gasteiger partial charge in [0.2, 0.25) is 0 Å². The van der Waals surface area contributed by atoms with E-state index in [0.29, 0.717) is 0 Å². The molecule has 0 fully saturated rings. The molecule has 0 heterocycles. The molecule has 0 amide bonds. The van der Waals surface area contributed by atoms with Crippen molar-refractivity contribution in [3.8, 4) is 0 Å². The number of halogens is 30. The van der Waals surface area contributed by atoms with Crippen LogP contribution in [0.3, 0.4) is 0 Å². The van der Waals surface area contributed by atoms with Gasteiger partial charge in [0.25, 0.3) is 0 Å². The van der Waals surface area contributed by atoms with Crippen LogP contribution in [0, 0.1) is 5.41 Å². The second-order valence-corrected chi connectivity index (χ2v) is 11.7. The summed E-state index contributed by atoms with van der Waals surface area (Å²) in [5, 5.41) is 0. The molecule has 6 nitrogen and oxygen atoms in total. The molecule has 0 aliphatic heterocycles. The zero-order chi connectivity index (χ0) is 45.2. The highest BCUT2D eigenvalue weighted by Crippen LogP contribution is 2.59. The van der Waals surface area contributed by atoms with E-state index in [1.165, 1.54) is 0 Å². The van der Waals surface area contributed by atoms with Crippen LogP contribution in [-0.2, 0) is 28.5 Å². The van der Waals surface area contributed by atoms with Gasteiger partial charge in [0, 0.05) is 0 Å². The van der Waals surface area contributed by atoms with Crippen LogP contribution in [-0.4, -0.2) is 113 Å². The van der Waals surface area contributed by atoms with Gasteiger partial charge < -0.3 is 14.2 Å². The Hall–Kier alpha value is -2.31. The standard InChI is InChI=1S/C18H8F30O6S/c19-9(20,21)6(10(22,23)24,11(25,26)27)51-1-5(4-54-55(49,50)18(46,47)48,2-52-7(12(28,29)30,13(31,32)33)14(34,35)36)3-53-8(15(37,38)39,16(40,41)42)17(43,44)45/h1-4H2. The Morgan fingerprint density at radius 2 is 0.455 bits per heavy atom. The Balaban J connectivity index is 8.72. The monoisotopic (exact) mass is 922 g/mol. The van der Waals surface area contributed by atoms with Crippen molar-refractivity contribution in [3.05, 3.63) is 0 Å². The minimum absolute atomic E-state index is 2.31. The summed E-state index contributed by atoms with van der Waals surface area (Å²) in [6.07, 6.45) is -74.9. The molecular formula is C18H8F30O6S. The smallest absolute Gasteiger partial charge is 0.350 e. The summed E-state index contributed by atoms with van der Waals surface area (Å²) in [5.41, 5.74) is -38.0. The first-order valence-corrected chi connectivity index (χ1v) is 13.2. The van der Waals surface area contributed by atoms with Gasteiger partial charge in [-0.3, -0.25) is 4.18 Å². The molecule has 0 rings (SSSR count). The van der Waals surface area contributed by atoms with E-state index in [4.69, 9.17) is 0 Å². The number of alkyl halides is 30. The second kappa shape index (κ2) is 14.5. The molecule has 0 aliphatic carbocycles. The maximum atomic E-state index is 13.4. The molecule has 0 aliphatic rings. The molecular weight excluding hydrogens is 914 g/mol. The lowest BCUT2D eigenvalue weighted by Gasteiger charge is -2.45. The molecule has 0 unspecified atom stereocenters. The molecule has 0 spiro atoms. The van der Waals surface area contributed by atoms with Crippen molar-refractivity contribution in [1.29, 1.82) is 0 Å². The molecule has 0 atom stereocenters. The quantitative estimate of drug-likeness (QED) is 0.111. The van der Waals surface area contributed by atoms with Crippen LogP contribution in [0.1, 0.15) is 0 Å². The first-order valence-electron chi connectivity index (χ1n) is 11.8. The van der Waals surface area contributed by atoms with Crippen molar-refractivity contribution in [2.75, 3.05) is 26.4 Å². The molecule has 0 radical (unpaired) electrons. The summed E-state index contributed by atoms with van der Waals surface area (Å²) in [4.78, 5) is 0. The van der Waals surface area contributed by atoms with E-state index in [1.807, 2.05) is 0 Å². The Labute approximate surface area is 279 Å². The van der Waals surface area contributed by atoms with E-state index in [9.17, 15) is 140 Å². The summed E-state index contributed by atoms with van der Waals surface area (Å²) in [6.45, 7) is -17.9. The van der Waals surface area contributed by atoms with Crippen LogP contribution < -0.4 is 0 Å². The molecule has 332 valence electrons. The predicted octanol–water partition coefficient (Wildman–Crippen LogP) is 9.17. The second-order valence-electron chi connectivity index (χ2n) is 10.1. The molecule has 0 bridgehead atoms. The molecule has 0 N–H and O–H groups in total. The van der Waals surface area contributed by atoms with E-state index >= 15 is 0 Å². The Morgan fingerprint density at radius 3 is 0.582 bits per heavy atom. The van der Waals surface area contributed by atoms with Gasteiger partial charge in [-0.05, 0) is 0 Å². The van der Waals surface area contributed by atoms with Crippen LogP contribution in [0.2, 0.25) is 0 Å². The van der Waals surface area contributed by atoms with Gasteiger partial charge in [-0.2, -0.15) is 140 Å². The SMILES string of the molecule is O=S(=O)(OCC(COC(C(F)(F)F)(C(F)(F)F)C(F)(F)F)(COC(C(F)(F)F)(C(F)(F)F)C(F)(F)F)COC(C(F)(F)F)(C(F)(F)F)C(F)(F)F)C(F)(F)F. The predicted molar refractivity (Wildman–Crippen MR) is 104 cm³/mol. The lowest BCUT2D eigenvalue weighted by Crippen LogP contribution is -2.71. The summed E-state index contributed by atoms with van der Waals surface area (Å²) >= 11 is 0. The molecule has 0 saturated carbocycles. The average molecular weight is 922 g/mol. The van der Waals surface area contributed by atoms with Gasteiger partial charge in [-0.25, -0.2) is 0 Å². The van der Waals surface area contributed by atoms with Crippen molar-refractivity contribution in [2.45, 2.75) is 77.9 Å². The van der Waals surface area contributed by atoms with Crippen LogP contribution in [0.5, 0.6) is 0 Å². The summed E-state index contributed by atoms with van der Waals surface area (Å²) in [6, 6.07) is 0. The van der Waals surface area contributed by atoms with Gasteiger partial charge in [0.15, 0.2) is 0 Å². The minimum Gasteiger partial charge on any atom is -0.350 e. The molecule has 0 aromatic heterocycles.